The second-order valence-electron chi connectivity index (χ2n) is 5.41. The molecule has 2 fully saturated rings. The van der Waals surface area contributed by atoms with Gasteiger partial charge in [-0.15, -0.1) is 0 Å². The van der Waals surface area contributed by atoms with Gasteiger partial charge in [0.1, 0.15) is 0 Å². The highest BCUT2D eigenvalue weighted by atomic mass is 32.2. The molecule has 0 aromatic rings. The van der Waals surface area contributed by atoms with Crippen molar-refractivity contribution in [3.05, 3.63) is 0 Å². The summed E-state index contributed by atoms with van der Waals surface area (Å²) in [5.41, 5.74) is 5.62. The van der Waals surface area contributed by atoms with Crippen molar-refractivity contribution >= 4 is 9.84 Å². The van der Waals surface area contributed by atoms with Crippen molar-refractivity contribution in [1.29, 1.82) is 0 Å². The number of sulfone groups is 1. The fraction of sp³-hybridized carbons (Fsp3) is 1.00. The summed E-state index contributed by atoms with van der Waals surface area (Å²) in [5, 5.41) is 0. The molecule has 0 aromatic heterocycles. The van der Waals surface area contributed by atoms with Crippen molar-refractivity contribution in [3.8, 4) is 0 Å². The molecule has 88 valence electrons. The number of nitrogens with two attached hydrogens (primary N) is 1. The monoisotopic (exact) mass is 231 g/mol. The summed E-state index contributed by atoms with van der Waals surface area (Å²) >= 11 is 0. The Balaban J connectivity index is 2.18. The minimum absolute atomic E-state index is 0.390. The maximum atomic E-state index is 11.7. The molecule has 15 heavy (non-hydrogen) atoms. The predicted molar refractivity (Wildman–Crippen MR) is 61.2 cm³/mol. The van der Waals surface area contributed by atoms with Crippen LogP contribution in [0.25, 0.3) is 0 Å². The van der Waals surface area contributed by atoms with Crippen molar-refractivity contribution in [1.82, 2.24) is 0 Å². The van der Waals surface area contributed by atoms with Crippen LogP contribution >= 0.6 is 0 Å². The van der Waals surface area contributed by atoms with E-state index in [1.54, 1.807) is 0 Å². The van der Waals surface area contributed by atoms with Crippen LogP contribution in [0.5, 0.6) is 0 Å². The molecule has 2 bridgehead atoms. The number of hydrogen-bond donors (Lipinski definition) is 1. The zero-order valence-corrected chi connectivity index (χ0v) is 10.2. The molecular weight excluding hydrogens is 210 g/mol. The Kier molecular flexibility index (Phi) is 3.08. The molecule has 4 heteroatoms. The molecule has 2 N–H and O–H groups in total. The van der Waals surface area contributed by atoms with E-state index in [-0.39, 0.29) is 0 Å². The molecule has 1 heterocycles. The van der Waals surface area contributed by atoms with Gasteiger partial charge in [0, 0.05) is 0 Å². The highest BCUT2D eigenvalue weighted by Crippen LogP contribution is 2.44. The van der Waals surface area contributed by atoms with Gasteiger partial charge in [-0.2, -0.15) is 0 Å². The van der Waals surface area contributed by atoms with Gasteiger partial charge in [-0.3, -0.25) is 0 Å². The summed E-state index contributed by atoms with van der Waals surface area (Å²) in [6.45, 7) is 2.95. The van der Waals surface area contributed by atoms with E-state index in [2.05, 4.69) is 6.92 Å². The van der Waals surface area contributed by atoms with Gasteiger partial charge >= 0.3 is 0 Å². The summed E-state index contributed by atoms with van der Waals surface area (Å²) in [4.78, 5) is 0. The molecule has 1 saturated carbocycles. The molecule has 0 spiro atoms. The van der Waals surface area contributed by atoms with E-state index in [1.807, 2.05) is 0 Å². The fourth-order valence-electron chi connectivity index (χ4n) is 3.63. The molecule has 0 aromatic carbocycles. The maximum absolute atomic E-state index is 11.7. The van der Waals surface area contributed by atoms with Gasteiger partial charge in [-0.25, -0.2) is 8.42 Å². The first-order valence-corrected chi connectivity index (χ1v) is 7.74. The quantitative estimate of drug-likeness (QED) is 0.772. The Hall–Kier alpha value is -0.0900. The first kappa shape index (κ1) is 11.4. The van der Waals surface area contributed by atoms with Crippen molar-refractivity contribution in [2.24, 2.45) is 29.4 Å². The van der Waals surface area contributed by atoms with Gasteiger partial charge in [-0.1, -0.05) is 6.92 Å². The van der Waals surface area contributed by atoms with Gasteiger partial charge in [-0.05, 0) is 49.5 Å². The van der Waals surface area contributed by atoms with Crippen LogP contribution in [-0.4, -0.2) is 26.5 Å². The van der Waals surface area contributed by atoms with Crippen molar-refractivity contribution in [2.75, 3.05) is 18.1 Å². The van der Waals surface area contributed by atoms with E-state index in [9.17, 15) is 8.42 Å². The first-order valence-electron chi connectivity index (χ1n) is 5.92. The Morgan fingerprint density at radius 3 is 2.20 bits per heavy atom. The van der Waals surface area contributed by atoms with Gasteiger partial charge in [0.15, 0.2) is 9.84 Å². The van der Waals surface area contributed by atoms with Gasteiger partial charge in [0.25, 0.3) is 0 Å². The molecule has 2 rings (SSSR count). The normalized spacial score (nSPS) is 43.9. The highest BCUT2D eigenvalue weighted by Gasteiger charge is 2.43. The van der Waals surface area contributed by atoms with Crippen molar-refractivity contribution in [3.63, 3.8) is 0 Å². The maximum Gasteiger partial charge on any atom is 0.150 e. The molecule has 1 aliphatic heterocycles. The Bertz CT molecular complexity index is 303. The van der Waals surface area contributed by atoms with E-state index in [1.165, 1.54) is 0 Å². The lowest BCUT2D eigenvalue weighted by Crippen LogP contribution is -2.45. The van der Waals surface area contributed by atoms with E-state index in [4.69, 9.17) is 5.73 Å². The Labute approximate surface area is 92.3 Å². The molecule has 0 radical (unpaired) electrons. The number of rotatable bonds is 2. The molecule has 3 nitrogen and oxygen atoms in total. The summed E-state index contributed by atoms with van der Waals surface area (Å²) in [5.74, 6) is 2.89. The van der Waals surface area contributed by atoms with Crippen LogP contribution in [0.2, 0.25) is 0 Å². The first-order chi connectivity index (χ1) is 7.02. The summed E-state index contributed by atoms with van der Waals surface area (Å²) in [6, 6.07) is 0. The standard InChI is InChI=1S/C11H21NO2S/c1-8-4-9-6-15(13,14)7-10(5-8)11(9)2-3-12/h8-11H,2-7,12H2,1H3. The summed E-state index contributed by atoms with van der Waals surface area (Å²) in [7, 11) is -2.76. The molecule has 0 amide bonds. The van der Waals surface area contributed by atoms with Crippen LogP contribution in [0.3, 0.4) is 0 Å². The van der Waals surface area contributed by atoms with Crippen LogP contribution in [-0.2, 0) is 9.84 Å². The molecule has 1 aliphatic carbocycles. The second-order valence-corrected chi connectivity index (χ2v) is 7.57. The number of fused-ring (bicyclic) bond motifs is 2. The second kappa shape index (κ2) is 4.06. The van der Waals surface area contributed by atoms with Crippen LogP contribution < -0.4 is 5.73 Å². The van der Waals surface area contributed by atoms with Gasteiger partial charge < -0.3 is 5.73 Å². The molecule has 2 atom stereocenters. The lowest BCUT2D eigenvalue weighted by atomic mass is 9.68. The smallest absolute Gasteiger partial charge is 0.150 e. The summed E-state index contributed by atoms with van der Waals surface area (Å²) < 4.78 is 23.4. The lowest BCUT2D eigenvalue weighted by Gasteiger charge is -2.44. The topological polar surface area (TPSA) is 60.2 Å². The van der Waals surface area contributed by atoms with Crippen LogP contribution in [0.15, 0.2) is 0 Å². The highest BCUT2D eigenvalue weighted by molar-refractivity contribution is 7.91. The largest absolute Gasteiger partial charge is 0.330 e. The fourth-order valence-corrected chi connectivity index (χ4v) is 5.84. The summed E-state index contributed by atoms with van der Waals surface area (Å²) in [6.07, 6.45) is 3.18. The van der Waals surface area contributed by atoms with Gasteiger partial charge in [0.2, 0.25) is 0 Å². The number of hydrogen-bond acceptors (Lipinski definition) is 3. The van der Waals surface area contributed by atoms with Crippen molar-refractivity contribution < 1.29 is 8.42 Å². The predicted octanol–water partition coefficient (Wildman–Crippen LogP) is 1.04. The Morgan fingerprint density at radius 1 is 1.20 bits per heavy atom. The zero-order chi connectivity index (χ0) is 11.1. The third-order valence-electron chi connectivity index (χ3n) is 4.06. The SMILES string of the molecule is CC1CC2CS(=O)(=O)CC(C1)C2CCN. The van der Waals surface area contributed by atoms with E-state index < -0.39 is 9.84 Å². The average Bonchev–Trinajstić information content (AvgIpc) is 2.06. The molecule has 1 saturated heterocycles. The third kappa shape index (κ3) is 2.36. The minimum Gasteiger partial charge on any atom is -0.330 e. The molecule has 2 aliphatic rings. The molecule has 2 unspecified atom stereocenters. The van der Waals surface area contributed by atoms with Gasteiger partial charge in [0.05, 0.1) is 11.5 Å². The van der Waals surface area contributed by atoms with Crippen molar-refractivity contribution in [2.45, 2.75) is 26.2 Å². The van der Waals surface area contributed by atoms with E-state index in [0.29, 0.717) is 41.7 Å². The van der Waals surface area contributed by atoms with E-state index >= 15 is 0 Å². The minimum atomic E-state index is -2.76. The molecular formula is C11H21NO2S. The average molecular weight is 231 g/mol. The van der Waals surface area contributed by atoms with Crippen LogP contribution in [0.4, 0.5) is 0 Å². The van der Waals surface area contributed by atoms with E-state index in [0.717, 1.165) is 19.3 Å². The van der Waals surface area contributed by atoms with Crippen LogP contribution in [0, 0.1) is 23.7 Å². The zero-order valence-electron chi connectivity index (χ0n) is 9.35. The van der Waals surface area contributed by atoms with Crippen LogP contribution in [0.1, 0.15) is 26.2 Å². The Morgan fingerprint density at radius 2 is 1.73 bits per heavy atom. The third-order valence-corrected chi connectivity index (χ3v) is 5.93. The lowest BCUT2D eigenvalue weighted by molar-refractivity contribution is 0.123.